The van der Waals surface area contributed by atoms with Gasteiger partial charge < -0.3 is 14.8 Å². The topological polar surface area (TPSA) is 93.3 Å². The van der Waals surface area contributed by atoms with Crippen molar-refractivity contribution in [3.05, 3.63) is 18.2 Å². The van der Waals surface area contributed by atoms with E-state index in [2.05, 4.69) is 15.5 Å². The molecule has 1 saturated carbocycles. The van der Waals surface area contributed by atoms with Crippen LogP contribution < -0.4 is 10.1 Å². The summed E-state index contributed by atoms with van der Waals surface area (Å²) in [6, 6.07) is 5.31. The van der Waals surface area contributed by atoms with Gasteiger partial charge in [0.15, 0.2) is 11.9 Å². The van der Waals surface area contributed by atoms with Crippen LogP contribution in [0.1, 0.15) is 26.2 Å². The van der Waals surface area contributed by atoms with Crippen molar-refractivity contribution in [3.63, 3.8) is 0 Å². The third kappa shape index (κ3) is 3.28. The summed E-state index contributed by atoms with van der Waals surface area (Å²) < 4.78 is 10.4. The molecule has 1 unspecified atom stereocenters. The van der Waals surface area contributed by atoms with Gasteiger partial charge in [0.2, 0.25) is 5.91 Å². The van der Waals surface area contributed by atoms with Gasteiger partial charge in [-0.05, 0) is 37.5 Å². The molecule has 1 atom stereocenters. The zero-order chi connectivity index (χ0) is 16.4. The molecule has 0 spiro atoms. The van der Waals surface area contributed by atoms with Crippen LogP contribution in [-0.4, -0.2) is 35.3 Å². The molecule has 1 aliphatic carbocycles. The summed E-state index contributed by atoms with van der Waals surface area (Å²) in [5, 5.41) is 10.6. The first-order chi connectivity index (χ1) is 11.1. The quantitative estimate of drug-likeness (QED) is 0.797. The highest BCUT2D eigenvalue weighted by Crippen LogP contribution is 2.32. The molecule has 7 heteroatoms. The fraction of sp³-hybridized carbons (Fsp3) is 0.438. The summed E-state index contributed by atoms with van der Waals surface area (Å²) in [6.45, 7) is 1.85. The maximum absolute atomic E-state index is 11.9. The first kappa shape index (κ1) is 15.3. The monoisotopic (exact) mass is 317 g/mol. The Morgan fingerprint density at radius 1 is 1.43 bits per heavy atom. The Kier molecular flexibility index (Phi) is 4.18. The van der Waals surface area contributed by atoms with Gasteiger partial charge in [-0.3, -0.25) is 9.89 Å². The molecule has 0 bridgehead atoms. The largest absolute Gasteiger partial charge is 0.479 e. The van der Waals surface area contributed by atoms with Crippen LogP contribution in [0.3, 0.4) is 0 Å². The number of nitrogens with zero attached hydrogens (tertiary/aromatic N) is 1. The van der Waals surface area contributed by atoms with Crippen LogP contribution in [0.25, 0.3) is 10.9 Å². The third-order valence-corrected chi connectivity index (χ3v) is 3.84. The van der Waals surface area contributed by atoms with Gasteiger partial charge in [-0.1, -0.05) is 6.92 Å². The lowest BCUT2D eigenvalue weighted by Gasteiger charge is -2.15. The Hall–Kier alpha value is -2.57. The predicted molar refractivity (Wildman–Crippen MR) is 84.2 cm³/mol. The summed E-state index contributed by atoms with van der Waals surface area (Å²) in [5.74, 6) is 0.685. The van der Waals surface area contributed by atoms with E-state index in [1.54, 1.807) is 18.2 Å². The van der Waals surface area contributed by atoms with Gasteiger partial charge in [0, 0.05) is 11.3 Å². The molecule has 23 heavy (non-hydrogen) atoms. The van der Waals surface area contributed by atoms with Gasteiger partial charge in [-0.25, -0.2) is 4.79 Å². The van der Waals surface area contributed by atoms with E-state index in [0.29, 0.717) is 18.0 Å². The molecule has 0 radical (unpaired) electrons. The van der Waals surface area contributed by atoms with Crippen LogP contribution >= 0.6 is 0 Å². The second-order valence-electron chi connectivity index (χ2n) is 5.58. The summed E-state index contributed by atoms with van der Waals surface area (Å²) in [7, 11) is 1.33. The van der Waals surface area contributed by atoms with Crippen LogP contribution in [-0.2, 0) is 14.3 Å². The average Bonchev–Trinajstić information content (AvgIpc) is 3.35. The molecule has 122 valence electrons. The van der Waals surface area contributed by atoms with Crippen molar-refractivity contribution in [2.75, 3.05) is 12.4 Å². The number of aromatic amines is 1. The third-order valence-electron chi connectivity index (χ3n) is 3.84. The SMILES string of the molecule is CCC(Oc1ccc2[nH]nc(NC(=O)C3CC3)c2c1)C(=O)OC. The highest BCUT2D eigenvalue weighted by molar-refractivity contribution is 6.01. The van der Waals surface area contributed by atoms with Gasteiger partial charge >= 0.3 is 5.97 Å². The van der Waals surface area contributed by atoms with Gasteiger partial charge in [0.05, 0.1) is 12.6 Å². The number of nitrogens with one attached hydrogen (secondary N) is 2. The van der Waals surface area contributed by atoms with Gasteiger partial charge in [-0.2, -0.15) is 5.10 Å². The maximum atomic E-state index is 11.9. The number of aromatic nitrogens is 2. The molecule has 1 aromatic heterocycles. The number of fused-ring (bicyclic) bond motifs is 1. The Morgan fingerprint density at radius 3 is 2.87 bits per heavy atom. The molecule has 2 N–H and O–H groups in total. The fourth-order valence-corrected chi connectivity index (χ4v) is 2.32. The maximum Gasteiger partial charge on any atom is 0.347 e. The summed E-state index contributed by atoms with van der Waals surface area (Å²) >= 11 is 0. The Labute approximate surface area is 133 Å². The van der Waals surface area contributed by atoms with E-state index in [9.17, 15) is 9.59 Å². The van der Waals surface area contributed by atoms with Crippen LogP contribution in [0.4, 0.5) is 5.82 Å². The minimum absolute atomic E-state index is 0.00860. The number of esters is 1. The van der Waals surface area contributed by atoms with E-state index in [1.165, 1.54) is 7.11 Å². The van der Waals surface area contributed by atoms with Crippen molar-refractivity contribution in [1.82, 2.24) is 10.2 Å². The molecular weight excluding hydrogens is 298 g/mol. The van der Waals surface area contributed by atoms with E-state index in [1.807, 2.05) is 6.92 Å². The number of methoxy groups -OCH3 is 1. The Morgan fingerprint density at radius 2 is 2.22 bits per heavy atom. The van der Waals surface area contributed by atoms with E-state index < -0.39 is 12.1 Å². The number of H-pyrrole nitrogens is 1. The lowest BCUT2D eigenvalue weighted by Crippen LogP contribution is -2.27. The minimum Gasteiger partial charge on any atom is -0.479 e. The van der Waals surface area contributed by atoms with Gasteiger partial charge in [0.25, 0.3) is 0 Å². The second-order valence-corrected chi connectivity index (χ2v) is 5.58. The molecule has 0 aliphatic heterocycles. The number of hydrogen-bond donors (Lipinski definition) is 2. The summed E-state index contributed by atoms with van der Waals surface area (Å²) in [6.07, 6.45) is 1.70. The van der Waals surface area contributed by atoms with Gasteiger partial charge in [-0.15, -0.1) is 0 Å². The van der Waals surface area contributed by atoms with E-state index in [-0.39, 0.29) is 11.8 Å². The highest BCUT2D eigenvalue weighted by atomic mass is 16.6. The number of rotatable bonds is 6. The predicted octanol–water partition coefficient (Wildman–Crippen LogP) is 2.24. The summed E-state index contributed by atoms with van der Waals surface area (Å²) in [4.78, 5) is 23.5. The van der Waals surface area contributed by atoms with Gasteiger partial charge in [0.1, 0.15) is 5.75 Å². The minimum atomic E-state index is -0.658. The van der Waals surface area contributed by atoms with E-state index >= 15 is 0 Å². The molecule has 1 heterocycles. The zero-order valence-corrected chi connectivity index (χ0v) is 13.1. The standard InChI is InChI=1S/C16H19N3O4/c1-3-13(16(21)22-2)23-10-6-7-12-11(8-10)14(19-18-12)17-15(20)9-4-5-9/h6-9,13H,3-5H2,1-2H3,(H2,17,18,19,20). The molecule has 1 aliphatic rings. The highest BCUT2D eigenvalue weighted by Gasteiger charge is 2.30. The van der Waals surface area contributed by atoms with Crippen molar-refractivity contribution < 1.29 is 19.1 Å². The number of benzene rings is 1. The summed E-state index contributed by atoms with van der Waals surface area (Å²) in [5.41, 5.74) is 0.787. The average molecular weight is 317 g/mol. The molecular formula is C16H19N3O4. The number of hydrogen-bond acceptors (Lipinski definition) is 5. The van der Waals surface area contributed by atoms with E-state index in [0.717, 1.165) is 23.7 Å². The number of carbonyl (C=O) groups is 2. The molecule has 0 saturated heterocycles. The van der Waals surface area contributed by atoms with Crippen LogP contribution in [0.2, 0.25) is 0 Å². The second kappa shape index (κ2) is 6.28. The molecule has 1 aromatic carbocycles. The molecule has 2 aromatic rings. The van der Waals surface area contributed by atoms with Crippen molar-refractivity contribution >= 4 is 28.6 Å². The molecule has 3 rings (SSSR count). The Balaban J connectivity index is 1.82. The number of anilines is 1. The molecule has 7 nitrogen and oxygen atoms in total. The van der Waals surface area contributed by atoms with Crippen LogP contribution in [0.15, 0.2) is 18.2 Å². The normalized spacial score (nSPS) is 15.2. The van der Waals surface area contributed by atoms with Crippen molar-refractivity contribution in [3.8, 4) is 5.75 Å². The number of ether oxygens (including phenoxy) is 2. The molecule has 1 fully saturated rings. The van der Waals surface area contributed by atoms with Crippen LogP contribution in [0.5, 0.6) is 5.75 Å². The van der Waals surface area contributed by atoms with E-state index in [4.69, 9.17) is 9.47 Å². The Bertz CT molecular complexity index is 736. The molecule has 1 amide bonds. The lowest BCUT2D eigenvalue weighted by atomic mass is 10.2. The number of amides is 1. The van der Waals surface area contributed by atoms with Crippen molar-refractivity contribution in [2.24, 2.45) is 5.92 Å². The number of carbonyl (C=O) groups excluding carboxylic acids is 2. The van der Waals surface area contributed by atoms with Crippen molar-refractivity contribution in [2.45, 2.75) is 32.3 Å². The van der Waals surface area contributed by atoms with Crippen molar-refractivity contribution in [1.29, 1.82) is 0 Å². The fourth-order valence-electron chi connectivity index (χ4n) is 2.32. The first-order valence-electron chi connectivity index (χ1n) is 7.65. The smallest absolute Gasteiger partial charge is 0.347 e. The first-order valence-corrected chi connectivity index (χ1v) is 7.65. The zero-order valence-electron chi connectivity index (χ0n) is 13.1. The van der Waals surface area contributed by atoms with Crippen LogP contribution in [0, 0.1) is 5.92 Å². The lowest BCUT2D eigenvalue weighted by molar-refractivity contribution is -0.148.